The summed E-state index contributed by atoms with van der Waals surface area (Å²) >= 11 is 6.41. The molecule has 10 heteroatoms. The van der Waals surface area contributed by atoms with Crippen LogP contribution in [0.3, 0.4) is 0 Å². The van der Waals surface area contributed by atoms with Crippen LogP contribution in [0.5, 0.6) is 5.75 Å². The van der Waals surface area contributed by atoms with E-state index in [2.05, 4.69) is 4.98 Å². The SMILES string of the molecule is CCOC(=O)c1cn(C(Cc2cc(OCCCOC)c(Cl)nc2CC)C(C)(C)COC(C)=O)ccc1=O. The number of carbonyl (C=O) groups excluding carboxylic acids is 2. The number of carbonyl (C=O) groups is 2. The summed E-state index contributed by atoms with van der Waals surface area (Å²) < 4.78 is 23.2. The second-order valence-corrected chi connectivity index (χ2v) is 9.67. The summed E-state index contributed by atoms with van der Waals surface area (Å²) in [5, 5.41) is 0.279. The van der Waals surface area contributed by atoms with Crippen LogP contribution in [0, 0.1) is 5.41 Å². The smallest absolute Gasteiger partial charge is 0.343 e. The lowest BCUT2D eigenvalue weighted by molar-refractivity contribution is -0.144. The number of ether oxygens (including phenoxy) is 4. The van der Waals surface area contributed by atoms with Crippen molar-refractivity contribution in [3.63, 3.8) is 0 Å². The number of halogens is 1. The molecule has 0 fully saturated rings. The minimum Gasteiger partial charge on any atom is -0.490 e. The van der Waals surface area contributed by atoms with Gasteiger partial charge in [0, 0.05) is 62.7 Å². The van der Waals surface area contributed by atoms with Gasteiger partial charge >= 0.3 is 11.9 Å². The number of methoxy groups -OCH3 is 1. The monoisotopic (exact) mass is 536 g/mol. The number of pyridine rings is 2. The zero-order valence-corrected chi connectivity index (χ0v) is 23.2. The molecule has 37 heavy (non-hydrogen) atoms. The van der Waals surface area contributed by atoms with E-state index in [0.29, 0.717) is 38.2 Å². The normalized spacial score (nSPS) is 12.2. The highest BCUT2D eigenvalue weighted by atomic mass is 35.5. The van der Waals surface area contributed by atoms with Crippen molar-refractivity contribution in [2.24, 2.45) is 5.41 Å². The molecule has 1 unspecified atom stereocenters. The Labute approximate surface area is 223 Å². The second-order valence-electron chi connectivity index (χ2n) is 9.31. The summed E-state index contributed by atoms with van der Waals surface area (Å²) in [6.07, 6.45) is 4.90. The molecule has 0 N–H and O–H groups in total. The predicted octanol–water partition coefficient (Wildman–Crippen LogP) is 4.42. The molecule has 0 amide bonds. The molecular formula is C27H37ClN2O7. The van der Waals surface area contributed by atoms with Crippen molar-refractivity contribution in [1.29, 1.82) is 0 Å². The van der Waals surface area contributed by atoms with Crippen molar-refractivity contribution >= 4 is 23.5 Å². The molecule has 9 nitrogen and oxygen atoms in total. The first-order chi connectivity index (χ1) is 17.5. The first-order valence-electron chi connectivity index (χ1n) is 12.4. The first kappa shape index (κ1) is 30.3. The molecule has 0 aromatic carbocycles. The molecule has 0 spiro atoms. The third kappa shape index (κ3) is 8.57. The van der Waals surface area contributed by atoms with Gasteiger partial charge in [0.1, 0.15) is 5.56 Å². The molecule has 2 aromatic rings. The molecule has 1 atom stereocenters. The van der Waals surface area contributed by atoms with E-state index in [-0.39, 0.29) is 30.0 Å². The molecule has 2 aromatic heterocycles. The second kappa shape index (κ2) is 14.1. The lowest BCUT2D eigenvalue weighted by Gasteiger charge is -2.36. The van der Waals surface area contributed by atoms with Crippen LogP contribution in [0.25, 0.3) is 0 Å². The van der Waals surface area contributed by atoms with Gasteiger partial charge in [-0.15, -0.1) is 0 Å². The Bertz CT molecular complexity index is 1130. The van der Waals surface area contributed by atoms with Gasteiger partial charge in [-0.1, -0.05) is 32.4 Å². The molecule has 0 radical (unpaired) electrons. The Morgan fingerprint density at radius 1 is 1.19 bits per heavy atom. The van der Waals surface area contributed by atoms with Gasteiger partial charge in [-0.25, -0.2) is 9.78 Å². The Morgan fingerprint density at radius 2 is 1.92 bits per heavy atom. The number of aryl methyl sites for hydroxylation is 1. The number of rotatable bonds is 14. The number of hydrogen-bond donors (Lipinski definition) is 0. The van der Waals surface area contributed by atoms with Crippen molar-refractivity contribution in [3.8, 4) is 5.75 Å². The number of nitrogens with zero attached hydrogens (tertiary/aromatic N) is 2. The van der Waals surface area contributed by atoms with E-state index in [1.807, 2.05) is 26.8 Å². The van der Waals surface area contributed by atoms with Crippen LogP contribution < -0.4 is 10.2 Å². The fourth-order valence-electron chi connectivity index (χ4n) is 3.95. The van der Waals surface area contributed by atoms with Crippen molar-refractivity contribution < 1.29 is 28.5 Å². The van der Waals surface area contributed by atoms with Crippen molar-refractivity contribution in [2.75, 3.05) is 33.5 Å². The van der Waals surface area contributed by atoms with Gasteiger partial charge in [0.2, 0.25) is 0 Å². The van der Waals surface area contributed by atoms with Crippen LogP contribution in [-0.2, 0) is 31.8 Å². The van der Waals surface area contributed by atoms with E-state index in [0.717, 1.165) is 11.3 Å². The number of esters is 2. The highest BCUT2D eigenvalue weighted by Gasteiger charge is 2.33. The van der Waals surface area contributed by atoms with E-state index in [9.17, 15) is 14.4 Å². The topological polar surface area (TPSA) is 106 Å². The van der Waals surface area contributed by atoms with Crippen molar-refractivity contribution in [3.05, 3.63) is 56.7 Å². The Balaban J connectivity index is 2.55. The van der Waals surface area contributed by atoms with Crippen molar-refractivity contribution in [1.82, 2.24) is 9.55 Å². The van der Waals surface area contributed by atoms with Gasteiger partial charge < -0.3 is 23.5 Å². The van der Waals surface area contributed by atoms with Crippen LogP contribution in [0.1, 0.15) is 68.7 Å². The molecule has 0 saturated heterocycles. The van der Waals surface area contributed by atoms with E-state index in [1.165, 1.54) is 19.2 Å². The average Bonchev–Trinajstić information content (AvgIpc) is 2.85. The fourth-order valence-corrected chi connectivity index (χ4v) is 4.16. The van der Waals surface area contributed by atoms with Crippen LogP contribution in [-0.4, -0.2) is 55.0 Å². The quantitative estimate of drug-likeness (QED) is 0.198. The van der Waals surface area contributed by atoms with Crippen molar-refractivity contribution in [2.45, 2.75) is 59.9 Å². The third-order valence-corrected chi connectivity index (χ3v) is 6.23. The van der Waals surface area contributed by atoms with E-state index >= 15 is 0 Å². The summed E-state index contributed by atoms with van der Waals surface area (Å²) in [4.78, 5) is 41.1. The largest absolute Gasteiger partial charge is 0.490 e. The van der Waals surface area contributed by atoms with Crippen LogP contribution in [0.2, 0.25) is 5.15 Å². The molecule has 0 aliphatic rings. The van der Waals surface area contributed by atoms with Crippen LogP contribution in [0.15, 0.2) is 29.3 Å². The minimum absolute atomic E-state index is 0.0650. The van der Waals surface area contributed by atoms with Gasteiger partial charge in [-0.05, 0) is 31.4 Å². The molecular weight excluding hydrogens is 500 g/mol. The lowest BCUT2D eigenvalue weighted by Crippen LogP contribution is -2.35. The Hall–Kier alpha value is -2.91. The molecule has 204 valence electrons. The summed E-state index contributed by atoms with van der Waals surface area (Å²) in [7, 11) is 1.63. The molecule has 2 rings (SSSR count). The van der Waals surface area contributed by atoms with Gasteiger partial charge in [0.25, 0.3) is 0 Å². The maximum absolute atomic E-state index is 12.4. The van der Waals surface area contributed by atoms with Crippen LogP contribution in [0.4, 0.5) is 0 Å². The van der Waals surface area contributed by atoms with Gasteiger partial charge in [0.15, 0.2) is 16.3 Å². The average molecular weight is 537 g/mol. The first-order valence-corrected chi connectivity index (χ1v) is 12.7. The minimum atomic E-state index is -0.687. The maximum Gasteiger partial charge on any atom is 0.343 e. The standard InChI is InChI=1S/C27H37ClN2O7/c1-7-21-19(14-23(25(28)29-21)36-13-9-12-34-6)15-24(27(4,5)17-37-18(3)31)30-11-10-22(32)20(16-30)26(33)35-8-2/h10-11,14,16,24H,7-9,12-13,15,17H2,1-6H3. The van der Waals surface area contributed by atoms with Crippen LogP contribution >= 0.6 is 11.6 Å². The Morgan fingerprint density at radius 3 is 2.54 bits per heavy atom. The summed E-state index contributed by atoms with van der Waals surface area (Å²) in [6, 6.07) is 2.88. The van der Waals surface area contributed by atoms with Gasteiger partial charge in [-0.3, -0.25) is 9.59 Å². The lowest BCUT2D eigenvalue weighted by atomic mass is 9.81. The van der Waals surface area contributed by atoms with Gasteiger partial charge in [0.05, 0.1) is 19.8 Å². The molecule has 0 aliphatic carbocycles. The van der Waals surface area contributed by atoms with Gasteiger partial charge in [-0.2, -0.15) is 0 Å². The number of hydrogen-bond acceptors (Lipinski definition) is 8. The molecule has 0 bridgehead atoms. The molecule has 0 aliphatic heterocycles. The van der Waals surface area contributed by atoms with E-state index < -0.39 is 22.8 Å². The fraction of sp³-hybridized carbons (Fsp3) is 0.556. The Kier molecular flexibility index (Phi) is 11.6. The summed E-state index contributed by atoms with van der Waals surface area (Å²) in [6.45, 7) is 10.2. The summed E-state index contributed by atoms with van der Waals surface area (Å²) in [5.41, 5.74) is 0.599. The summed E-state index contributed by atoms with van der Waals surface area (Å²) in [5.74, 6) is -0.616. The van der Waals surface area contributed by atoms with E-state index in [1.54, 1.807) is 24.8 Å². The number of aromatic nitrogens is 2. The predicted molar refractivity (Wildman–Crippen MR) is 140 cm³/mol. The maximum atomic E-state index is 12.4. The third-order valence-electron chi connectivity index (χ3n) is 5.96. The zero-order chi connectivity index (χ0) is 27.6. The highest BCUT2D eigenvalue weighted by molar-refractivity contribution is 6.30. The zero-order valence-electron chi connectivity index (χ0n) is 22.5. The van der Waals surface area contributed by atoms with E-state index in [4.69, 9.17) is 30.5 Å². The highest BCUT2D eigenvalue weighted by Crippen LogP contribution is 2.37. The molecule has 2 heterocycles. The molecule has 0 saturated carbocycles.